The third-order valence-electron chi connectivity index (χ3n) is 2.06. The van der Waals surface area contributed by atoms with Crippen molar-refractivity contribution < 1.29 is 0 Å². The van der Waals surface area contributed by atoms with E-state index in [0.717, 1.165) is 0 Å². The fraction of sp³-hybridized carbons (Fsp3) is 0.200. The van der Waals surface area contributed by atoms with Gasteiger partial charge in [0.15, 0.2) is 0 Å². The Morgan fingerprint density at radius 1 is 1.42 bits per heavy atom. The standard InChI is InChI=1S/C10H13ClSi/c1-4-12(3,11)10-8-6-5-7-9(10)2/h4-8H,1H2,2-3H3. The number of hydrogen-bond donors (Lipinski definition) is 0. The van der Waals surface area contributed by atoms with Crippen LogP contribution >= 0.6 is 11.1 Å². The fourth-order valence-electron chi connectivity index (χ4n) is 1.23. The molecule has 1 aromatic rings. The van der Waals surface area contributed by atoms with Gasteiger partial charge in [-0.2, -0.15) is 11.1 Å². The second-order valence-electron chi connectivity index (χ2n) is 3.09. The number of hydrogen-bond acceptors (Lipinski definition) is 0. The van der Waals surface area contributed by atoms with Gasteiger partial charge in [0.25, 0.3) is 0 Å². The Kier molecular flexibility index (Phi) is 2.75. The molecule has 1 atom stereocenters. The van der Waals surface area contributed by atoms with Crippen LogP contribution in [0, 0.1) is 6.92 Å². The minimum atomic E-state index is -1.86. The summed E-state index contributed by atoms with van der Waals surface area (Å²) in [6.45, 7) is 7.96. The summed E-state index contributed by atoms with van der Waals surface area (Å²) in [5.41, 5.74) is 3.17. The van der Waals surface area contributed by atoms with Crippen molar-refractivity contribution in [2.45, 2.75) is 13.5 Å². The van der Waals surface area contributed by atoms with E-state index in [9.17, 15) is 0 Å². The van der Waals surface area contributed by atoms with Gasteiger partial charge in [-0.25, -0.2) is 0 Å². The second kappa shape index (κ2) is 3.46. The maximum Gasteiger partial charge on any atom is 0.206 e. The van der Waals surface area contributed by atoms with E-state index in [1.807, 2.05) is 17.8 Å². The molecule has 1 rings (SSSR count). The van der Waals surface area contributed by atoms with E-state index in [1.165, 1.54) is 10.8 Å². The van der Waals surface area contributed by atoms with Gasteiger partial charge in [0, 0.05) is 0 Å². The van der Waals surface area contributed by atoms with Crippen molar-refractivity contribution in [1.82, 2.24) is 0 Å². The van der Waals surface area contributed by atoms with Gasteiger partial charge >= 0.3 is 0 Å². The molecule has 0 aliphatic carbocycles. The SMILES string of the molecule is C=C[Si](C)(Cl)c1ccccc1C. The predicted molar refractivity (Wildman–Crippen MR) is 58.5 cm³/mol. The van der Waals surface area contributed by atoms with Crippen LogP contribution in [-0.2, 0) is 0 Å². The van der Waals surface area contributed by atoms with Gasteiger partial charge in [0.1, 0.15) is 0 Å². The maximum absolute atomic E-state index is 6.37. The Balaban J connectivity index is 3.19. The zero-order chi connectivity index (χ0) is 9.19. The molecule has 1 aromatic carbocycles. The van der Waals surface area contributed by atoms with Gasteiger partial charge < -0.3 is 0 Å². The Morgan fingerprint density at radius 2 is 2.00 bits per heavy atom. The molecule has 12 heavy (non-hydrogen) atoms. The van der Waals surface area contributed by atoms with E-state index >= 15 is 0 Å². The smallest absolute Gasteiger partial charge is 0.156 e. The quantitative estimate of drug-likeness (QED) is 0.504. The minimum absolute atomic E-state index is 1.27. The lowest BCUT2D eigenvalue weighted by Crippen LogP contribution is -2.38. The molecular weight excluding hydrogens is 184 g/mol. The van der Waals surface area contributed by atoms with Crippen LogP contribution in [0.15, 0.2) is 36.5 Å². The molecule has 0 heterocycles. The topological polar surface area (TPSA) is 0 Å². The summed E-state index contributed by atoms with van der Waals surface area (Å²) in [5, 5.41) is 1.27. The minimum Gasteiger partial charge on any atom is -0.156 e. The van der Waals surface area contributed by atoms with Crippen LogP contribution in [0.3, 0.4) is 0 Å². The zero-order valence-electron chi connectivity index (χ0n) is 7.47. The molecule has 0 amide bonds. The van der Waals surface area contributed by atoms with Crippen LogP contribution in [0.25, 0.3) is 0 Å². The number of rotatable bonds is 2. The lowest BCUT2D eigenvalue weighted by atomic mass is 10.2. The van der Waals surface area contributed by atoms with Crippen LogP contribution in [-0.4, -0.2) is 7.38 Å². The molecule has 0 aliphatic heterocycles. The average Bonchev–Trinajstić information content (AvgIpc) is 2.05. The molecule has 0 saturated heterocycles. The van der Waals surface area contributed by atoms with Gasteiger partial charge in [-0.05, 0) is 18.7 Å². The van der Waals surface area contributed by atoms with Crippen LogP contribution in [0.2, 0.25) is 6.55 Å². The van der Waals surface area contributed by atoms with E-state index < -0.39 is 7.38 Å². The summed E-state index contributed by atoms with van der Waals surface area (Å²) in [5.74, 6) is 0. The highest BCUT2D eigenvalue weighted by atomic mass is 35.6. The molecule has 0 N–H and O–H groups in total. The van der Waals surface area contributed by atoms with Crippen molar-refractivity contribution in [3.63, 3.8) is 0 Å². The van der Waals surface area contributed by atoms with E-state index in [2.05, 4.69) is 32.2 Å². The molecule has 64 valence electrons. The van der Waals surface area contributed by atoms with Gasteiger partial charge in [0.05, 0.1) is 0 Å². The molecule has 0 nitrogen and oxygen atoms in total. The Hall–Kier alpha value is -0.533. The first-order chi connectivity index (χ1) is 5.58. The maximum atomic E-state index is 6.37. The fourth-order valence-corrected chi connectivity index (χ4v) is 3.36. The largest absolute Gasteiger partial charge is 0.206 e. The molecule has 0 saturated carbocycles. The molecule has 0 bridgehead atoms. The van der Waals surface area contributed by atoms with E-state index in [-0.39, 0.29) is 0 Å². The number of aryl methyl sites for hydroxylation is 1. The van der Waals surface area contributed by atoms with Crippen molar-refractivity contribution in [2.75, 3.05) is 0 Å². The molecule has 0 spiro atoms. The average molecular weight is 197 g/mol. The van der Waals surface area contributed by atoms with Gasteiger partial charge in [-0.1, -0.05) is 35.5 Å². The highest BCUT2D eigenvalue weighted by molar-refractivity contribution is 7.29. The first kappa shape index (κ1) is 9.55. The Labute approximate surface area is 79.6 Å². The number of benzene rings is 1. The molecular formula is C10H13ClSi. The van der Waals surface area contributed by atoms with Crippen molar-refractivity contribution in [3.05, 3.63) is 42.1 Å². The summed E-state index contributed by atoms with van der Waals surface area (Å²) in [6.07, 6.45) is 0. The van der Waals surface area contributed by atoms with Crippen LogP contribution < -0.4 is 5.19 Å². The molecule has 1 unspecified atom stereocenters. The summed E-state index contributed by atoms with van der Waals surface area (Å²) in [7, 11) is -1.86. The Morgan fingerprint density at radius 3 is 2.50 bits per heavy atom. The van der Waals surface area contributed by atoms with Gasteiger partial charge in [-0.3, -0.25) is 0 Å². The monoisotopic (exact) mass is 196 g/mol. The third-order valence-corrected chi connectivity index (χ3v) is 5.51. The second-order valence-corrected chi connectivity index (χ2v) is 8.55. The summed E-state index contributed by atoms with van der Waals surface area (Å²) in [6, 6.07) is 8.24. The molecule has 0 fully saturated rings. The normalized spacial score (nSPS) is 15.2. The predicted octanol–water partition coefficient (Wildman–Crippen LogP) is 2.74. The number of halogens is 1. The van der Waals surface area contributed by atoms with Crippen LogP contribution in [0.4, 0.5) is 0 Å². The van der Waals surface area contributed by atoms with Crippen molar-refractivity contribution in [1.29, 1.82) is 0 Å². The van der Waals surface area contributed by atoms with Crippen molar-refractivity contribution >= 4 is 23.6 Å². The highest BCUT2D eigenvalue weighted by Crippen LogP contribution is 2.12. The van der Waals surface area contributed by atoms with Gasteiger partial charge in [0.2, 0.25) is 7.38 Å². The summed E-state index contributed by atoms with van der Waals surface area (Å²) in [4.78, 5) is 0. The first-order valence-electron chi connectivity index (χ1n) is 3.96. The third kappa shape index (κ3) is 1.79. The summed E-state index contributed by atoms with van der Waals surface area (Å²) < 4.78 is 0. The highest BCUT2D eigenvalue weighted by Gasteiger charge is 2.23. The van der Waals surface area contributed by atoms with Crippen LogP contribution in [0.5, 0.6) is 0 Å². The molecule has 0 radical (unpaired) electrons. The molecule has 0 aliphatic rings. The van der Waals surface area contributed by atoms with Crippen molar-refractivity contribution in [3.8, 4) is 0 Å². The summed E-state index contributed by atoms with van der Waals surface area (Å²) >= 11 is 6.37. The first-order valence-corrected chi connectivity index (χ1v) is 7.55. The van der Waals surface area contributed by atoms with Crippen LogP contribution in [0.1, 0.15) is 5.56 Å². The van der Waals surface area contributed by atoms with E-state index in [1.54, 1.807) is 0 Å². The lowest BCUT2D eigenvalue weighted by Gasteiger charge is -2.16. The van der Waals surface area contributed by atoms with Gasteiger partial charge in [-0.15, -0.1) is 6.58 Å². The zero-order valence-corrected chi connectivity index (χ0v) is 9.23. The van der Waals surface area contributed by atoms with E-state index in [0.29, 0.717) is 0 Å². The molecule has 0 aromatic heterocycles. The lowest BCUT2D eigenvalue weighted by molar-refractivity contribution is 1.51. The van der Waals surface area contributed by atoms with Crippen molar-refractivity contribution in [2.24, 2.45) is 0 Å². The van der Waals surface area contributed by atoms with E-state index in [4.69, 9.17) is 11.1 Å². The molecule has 2 heteroatoms. The Bertz CT molecular complexity index is 292.